The summed E-state index contributed by atoms with van der Waals surface area (Å²) in [4.78, 5) is 36.5. The number of carbonyl (C=O) groups is 3. The average Bonchev–Trinajstić information content (AvgIpc) is 3.28. The number of urea groups is 1. The normalized spacial score (nSPS) is 10.8. The molecule has 0 aliphatic heterocycles. The maximum absolute atomic E-state index is 13.2. The molecule has 0 aliphatic rings. The van der Waals surface area contributed by atoms with E-state index in [2.05, 4.69) is 10.4 Å². The van der Waals surface area contributed by atoms with Gasteiger partial charge in [-0.05, 0) is 37.3 Å². The molecule has 0 atom stereocenters. The third kappa shape index (κ3) is 4.99. The molecule has 30 heavy (non-hydrogen) atoms. The van der Waals surface area contributed by atoms with Gasteiger partial charge in [-0.3, -0.25) is 10.1 Å². The molecule has 0 radical (unpaired) electrons. The summed E-state index contributed by atoms with van der Waals surface area (Å²) in [6.45, 7) is 1.73. The molecular weight excluding hydrogens is 415 g/mol. The highest BCUT2D eigenvalue weighted by molar-refractivity contribution is 7.20. The Kier molecular flexibility index (Phi) is 6.75. The molecule has 2 N–H and O–H groups in total. The van der Waals surface area contributed by atoms with Gasteiger partial charge < -0.3 is 14.8 Å². The highest BCUT2D eigenvalue weighted by atomic mass is 32.1. The second kappa shape index (κ2) is 9.46. The minimum atomic E-state index is -0.756. The van der Waals surface area contributed by atoms with Gasteiger partial charge in [-0.1, -0.05) is 0 Å². The van der Waals surface area contributed by atoms with E-state index >= 15 is 0 Å². The fourth-order valence-corrected chi connectivity index (χ4v) is 3.66. The van der Waals surface area contributed by atoms with Crippen molar-refractivity contribution in [1.29, 1.82) is 0 Å². The average molecular weight is 434 g/mol. The maximum Gasteiger partial charge on any atom is 0.348 e. The molecule has 11 heteroatoms. The molecule has 0 unspecified atom stereocenters. The molecule has 3 amide bonds. The van der Waals surface area contributed by atoms with Crippen LogP contribution in [-0.4, -0.2) is 54.6 Å². The Morgan fingerprint density at radius 2 is 1.97 bits per heavy atom. The van der Waals surface area contributed by atoms with Crippen LogP contribution in [0.3, 0.4) is 0 Å². The first-order chi connectivity index (χ1) is 14.4. The molecule has 3 rings (SSSR count). The number of thiophene rings is 1. The van der Waals surface area contributed by atoms with Crippen LogP contribution in [0, 0.1) is 12.7 Å². The Balaban J connectivity index is 1.65. The summed E-state index contributed by atoms with van der Waals surface area (Å²) in [6, 6.07) is 6.74. The number of imide groups is 1. The molecule has 0 saturated heterocycles. The number of hydrogen-bond donors (Lipinski definition) is 2. The summed E-state index contributed by atoms with van der Waals surface area (Å²) in [6.07, 6.45) is 0. The highest BCUT2D eigenvalue weighted by Crippen LogP contribution is 2.30. The van der Waals surface area contributed by atoms with Crippen LogP contribution in [0.15, 0.2) is 30.3 Å². The SMILES string of the molecule is COCCNC(=O)NC(=O)COC(=O)c1cc2c(C)nn(-c3ccc(F)cc3)c2s1. The van der Waals surface area contributed by atoms with E-state index in [0.717, 1.165) is 16.7 Å². The number of esters is 1. The topological polar surface area (TPSA) is 112 Å². The molecule has 0 spiro atoms. The fourth-order valence-electron chi connectivity index (χ4n) is 2.58. The van der Waals surface area contributed by atoms with Crippen LogP contribution in [0.25, 0.3) is 15.9 Å². The van der Waals surface area contributed by atoms with E-state index in [-0.39, 0.29) is 17.2 Å². The van der Waals surface area contributed by atoms with Crippen molar-refractivity contribution in [3.63, 3.8) is 0 Å². The number of rotatable bonds is 7. The number of nitrogens with zero attached hydrogens (tertiary/aromatic N) is 2. The quantitative estimate of drug-likeness (QED) is 0.435. The van der Waals surface area contributed by atoms with Crippen molar-refractivity contribution in [3.05, 3.63) is 46.7 Å². The summed E-state index contributed by atoms with van der Waals surface area (Å²) < 4.78 is 24.6. The van der Waals surface area contributed by atoms with Crippen molar-refractivity contribution in [2.75, 3.05) is 26.9 Å². The third-order valence-corrected chi connectivity index (χ3v) is 5.09. The van der Waals surface area contributed by atoms with Crippen molar-refractivity contribution in [1.82, 2.24) is 20.4 Å². The molecule has 1 aromatic carbocycles. The van der Waals surface area contributed by atoms with E-state index in [4.69, 9.17) is 9.47 Å². The molecule has 0 bridgehead atoms. The number of benzene rings is 1. The van der Waals surface area contributed by atoms with Crippen LogP contribution in [0.4, 0.5) is 9.18 Å². The number of ether oxygens (including phenoxy) is 2. The Labute approximate surface area is 174 Å². The monoisotopic (exact) mass is 434 g/mol. The highest BCUT2D eigenvalue weighted by Gasteiger charge is 2.19. The zero-order valence-electron chi connectivity index (χ0n) is 16.2. The molecule has 2 heterocycles. The molecule has 0 fully saturated rings. The minimum absolute atomic E-state index is 0.238. The van der Waals surface area contributed by atoms with Gasteiger partial charge in [0, 0.05) is 19.0 Å². The largest absolute Gasteiger partial charge is 0.451 e. The molecule has 9 nitrogen and oxygen atoms in total. The third-order valence-electron chi connectivity index (χ3n) is 4.00. The number of carbonyl (C=O) groups excluding carboxylic acids is 3. The fraction of sp³-hybridized carbons (Fsp3) is 0.263. The lowest BCUT2D eigenvalue weighted by atomic mass is 10.3. The molecule has 3 aromatic rings. The zero-order valence-corrected chi connectivity index (χ0v) is 17.0. The van der Waals surface area contributed by atoms with Crippen LogP contribution < -0.4 is 10.6 Å². The zero-order chi connectivity index (χ0) is 21.7. The van der Waals surface area contributed by atoms with Gasteiger partial charge in [-0.15, -0.1) is 11.3 Å². The minimum Gasteiger partial charge on any atom is -0.451 e. The van der Waals surface area contributed by atoms with Gasteiger partial charge in [0.15, 0.2) is 6.61 Å². The van der Waals surface area contributed by atoms with Gasteiger partial charge in [-0.2, -0.15) is 5.10 Å². The van der Waals surface area contributed by atoms with Gasteiger partial charge in [0.25, 0.3) is 5.91 Å². The molecule has 158 valence electrons. The first-order valence-corrected chi connectivity index (χ1v) is 9.69. The number of amides is 3. The smallest absolute Gasteiger partial charge is 0.348 e. The van der Waals surface area contributed by atoms with Crippen LogP contribution in [-0.2, 0) is 14.3 Å². The number of halogens is 1. The van der Waals surface area contributed by atoms with Gasteiger partial charge in [0.05, 0.1) is 18.0 Å². The van der Waals surface area contributed by atoms with Gasteiger partial charge >= 0.3 is 12.0 Å². The van der Waals surface area contributed by atoms with Gasteiger partial charge in [-0.25, -0.2) is 18.7 Å². The van der Waals surface area contributed by atoms with E-state index in [1.807, 2.05) is 5.32 Å². The Hall–Kier alpha value is -3.31. The van der Waals surface area contributed by atoms with E-state index in [0.29, 0.717) is 22.8 Å². The second-order valence-corrected chi connectivity index (χ2v) is 7.21. The molecular formula is C19H19FN4O5S. The molecule has 0 saturated carbocycles. The summed E-state index contributed by atoms with van der Waals surface area (Å²) in [5.41, 5.74) is 1.34. The predicted molar refractivity (Wildman–Crippen MR) is 107 cm³/mol. The van der Waals surface area contributed by atoms with E-state index in [1.165, 1.54) is 19.2 Å². The second-order valence-electron chi connectivity index (χ2n) is 6.18. The number of methoxy groups -OCH3 is 1. The molecule has 2 aromatic heterocycles. The van der Waals surface area contributed by atoms with Crippen LogP contribution >= 0.6 is 11.3 Å². The van der Waals surface area contributed by atoms with E-state index in [9.17, 15) is 18.8 Å². The van der Waals surface area contributed by atoms with Crippen molar-refractivity contribution >= 4 is 39.5 Å². The number of aromatic nitrogens is 2. The number of hydrogen-bond acceptors (Lipinski definition) is 7. The Bertz CT molecular complexity index is 1080. The Morgan fingerprint density at radius 1 is 1.23 bits per heavy atom. The summed E-state index contributed by atoms with van der Waals surface area (Å²) in [5.74, 6) is -1.82. The number of fused-ring (bicyclic) bond motifs is 1. The maximum atomic E-state index is 13.2. The van der Waals surface area contributed by atoms with Crippen molar-refractivity contribution < 1.29 is 28.2 Å². The summed E-state index contributed by atoms with van der Waals surface area (Å²) in [7, 11) is 1.48. The lowest BCUT2D eigenvalue weighted by Gasteiger charge is -2.06. The van der Waals surface area contributed by atoms with E-state index < -0.39 is 24.5 Å². The summed E-state index contributed by atoms with van der Waals surface area (Å²) >= 11 is 1.14. The molecule has 0 aliphatic carbocycles. The van der Waals surface area contributed by atoms with Crippen LogP contribution in [0.2, 0.25) is 0 Å². The van der Waals surface area contributed by atoms with Gasteiger partial charge in [0.1, 0.15) is 15.5 Å². The lowest BCUT2D eigenvalue weighted by Crippen LogP contribution is -2.42. The first kappa shape index (κ1) is 21.4. The van der Waals surface area contributed by atoms with Crippen molar-refractivity contribution in [2.24, 2.45) is 0 Å². The van der Waals surface area contributed by atoms with E-state index in [1.54, 1.807) is 29.8 Å². The standard InChI is InChI=1S/C19H19FN4O5S/c1-11-14-9-15(18(26)29-10-16(25)22-19(27)21-7-8-28-2)30-17(14)24(23-11)13-5-3-12(20)4-6-13/h3-6,9H,7-8,10H2,1-2H3,(H2,21,22,25,27). The van der Waals surface area contributed by atoms with Crippen LogP contribution in [0.1, 0.15) is 15.4 Å². The van der Waals surface area contributed by atoms with Gasteiger partial charge in [0.2, 0.25) is 0 Å². The van der Waals surface area contributed by atoms with Crippen molar-refractivity contribution in [3.8, 4) is 5.69 Å². The lowest BCUT2D eigenvalue weighted by molar-refractivity contribution is -0.123. The Morgan fingerprint density at radius 3 is 2.67 bits per heavy atom. The predicted octanol–water partition coefficient (Wildman–Crippen LogP) is 2.16. The first-order valence-electron chi connectivity index (χ1n) is 8.88. The number of aryl methyl sites for hydroxylation is 1. The number of nitrogens with one attached hydrogen (secondary N) is 2. The summed E-state index contributed by atoms with van der Waals surface area (Å²) in [5, 5.41) is 9.63. The van der Waals surface area contributed by atoms with Crippen molar-refractivity contribution in [2.45, 2.75) is 6.92 Å². The van der Waals surface area contributed by atoms with Crippen LogP contribution in [0.5, 0.6) is 0 Å².